The predicted octanol–water partition coefficient (Wildman–Crippen LogP) is 0.204. The Balaban J connectivity index is 1.60. The Morgan fingerprint density at radius 3 is 3.13 bits per heavy atom. The summed E-state index contributed by atoms with van der Waals surface area (Å²) in [5.41, 5.74) is 0.366. The molecule has 0 aliphatic carbocycles. The molecule has 3 rings (SSSR count). The molecule has 8 heteroatoms. The summed E-state index contributed by atoms with van der Waals surface area (Å²) in [7, 11) is 1.74. The fourth-order valence-electron chi connectivity index (χ4n) is 2.86. The topological polar surface area (TPSA) is 91.0 Å². The summed E-state index contributed by atoms with van der Waals surface area (Å²) in [4.78, 5) is 28.6. The lowest BCUT2D eigenvalue weighted by Gasteiger charge is -2.20. The molecule has 1 saturated heterocycles. The van der Waals surface area contributed by atoms with Gasteiger partial charge in [-0.05, 0) is 19.8 Å². The van der Waals surface area contributed by atoms with Crippen LogP contribution in [0, 0.1) is 0 Å². The summed E-state index contributed by atoms with van der Waals surface area (Å²) >= 11 is 0. The van der Waals surface area contributed by atoms with Crippen molar-refractivity contribution < 1.29 is 9.53 Å². The molecule has 1 aliphatic rings. The summed E-state index contributed by atoms with van der Waals surface area (Å²) < 4.78 is 8.56. The molecule has 124 valence electrons. The highest BCUT2D eigenvalue weighted by molar-refractivity contribution is 5.76. The van der Waals surface area contributed by atoms with Gasteiger partial charge in [-0.1, -0.05) is 0 Å². The molecule has 23 heavy (non-hydrogen) atoms. The van der Waals surface area contributed by atoms with Gasteiger partial charge in [0.2, 0.25) is 5.91 Å². The Morgan fingerprint density at radius 1 is 1.57 bits per heavy atom. The van der Waals surface area contributed by atoms with Crippen molar-refractivity contribution in [1.82, 2.24) is 24.6 Å². The van der Waals surface area contributed by atoms with Gasteiger partial charge in [-0.2, -0.15) is 5.10 Å². The molecule has 0 spiro atoms. The number of aryl methyl sites for hydroxylation is 2. The summed E-state index contributed by atoms with van der Waals surface area (Å²) in [5.74, 6) is -0.0915. The van der Waals surface area contributed by atoms with E-state index in [1.165, 1.54) is 17.1 Å². The molecule has 0 saturated carbocycles. The zero-order valence-corrected chi connectivity index (χ0v) is 13.4. The Morgan fingerprint density at radius 2 is 2.39 bits per heavy atom. The minimum Gasteiger partial charge on any atom is -0.376 e. The van der Waals surface area contributed by atoms with Crippen molar-refractivity contribution >= 4 is 16.9 Å². The van der Waals surface area contributed by atoms with Crippen molar-refractivity contribution in [2.24, 2.45) is 7.05 Å². The van der Waals surface area contributed by atoms with Crippen molar-refractivity contribution in [1.29, 1.82) is 0 Å². The third-order valence-corrected chi connectivity index (χ3v) is 4.21. The molecule has 3 heterocycles. The fraction of sp³-hybridized carbons (Fsp3) is 0.600. The number of rotatable bonds is 5. The molecule has 1 aliphatic heterocycles. The number of ether oxygens (including phenoxy) is 1. The first kappa shape index (κ1) is 15.7. The van der Waals surface area contributed by atoms with Gasteiger partial charge in [0.15, 0.2) is 5.65 Å². The molecule has 0 radical (unpaired) electrons. The van der Waals surface area contributed by atoms with Crippen molar-refractivity contribution in [3.05, 3.63) is 22.9 Å². The number of carbonyl (C=O) groups excluding carboxylic acids is 1. The maximum absolute atomic E-state index is 12.3. The highest BCUT2D eigenvalue weighted by Crippen LogP contribution is 2.15. The van der Waals surface area contributed by atoms with E-state index in [-0.39, 0.29) is 30.0 Å². The van der Waals surface area contributed by atoms with Crippen molar-refractivity contribution in [2.45, 2.75) is 44.9 Å². The van der Waals surface area contributed by atoms with Crippen LogP contribution in [0.3, 0.4) is 0 Å². The number of hydrogen-bond acceptors (Lipinski definition) is 5. The van der Waals surface area contributed by atoms with Gasteiger partial charge in [0.25, 0.3) is 5.56 Å². The zero-order valence-electron chi connectivity index (χ0n) is 13.4. The smallest absolute Gasteiger partial charge is 0.264 e. The van der Waals surface area contributed by atoms with Crippen LogP contribution in [0.4, 0.5) is 0 Å². The Hall–Kier alpha value is -2.22. The van der Waals surface area contributed by atoms with Crippen LogP contribution in [0.5, 0.6) is 0 Å². The Kier molecular flexibility index (Phi) is 4.42. The van der Waals surface area contributed by atoms with Gasteiger partial charge < -0.3 is 10.1 Å². The molecule has 0 unspecified atom stereocenters. The quantitative estimate of drug-likeness (QED) is 0.850. The van der Waals surface area contributed by atoms with E-state index in [1.54, 1.807) is 11.7 Å². The van der Waals surface area contributed by atoms with E-state index in [1.807, 2.05) is 6.92 Å². The normalized spacial score (nSPS) is 19.1. The summed E-state index contributed by atoms with van der Waals surface area (Å²) in [5, 5.41) is 7.42. The second-order valence-corrected chi connectivity index (χ2v) is 5.91. The first-order valence-electron chi connectivity index (χ1n) is 7.84. The first-order chi connectivity index (χ1) is 11.1. The summed E-state index contributed by atoms with van der Waals surface area (Å²) in [6.07, 6.45) is 5.29. The summed E-state index contributed by atoms with van der Waals surface area (Å²) in [6, 6.07) is -0.0133. The highest BCUT2D eigenvalue weighted by atomic mass is 16.5. The van der Waals surface area contributed by atoms with E-state index in [4.69, 9.17) is 4.74 Å². The molecule has 0 bridgehead atoms. The van der Waals surface area contributed by atoms with Crippen LogP contribution in [-0.2, 0) is 23.1 Å². The number of aromatic nitrogens is 4. The number of carbonyl (C=O) groups is 1. The van der Waals surface area contributed by atoms with Gasteiger partial charge in [0.1, 0.15) is 5.39 Å². The van der Waals surface area contributed by atoms with E-state index in [0.717, 1.165) is 19.4 Å². The lowest BCUT2D eigenvalue weighted by atomic mass is 10.1. The lowest BCUT2D eigenvalue weighted by molar-refractivity contribution is -0.122. The molecule has 1 fully saturated rings. The SMILES string of the molecule is C[C@H](NC(=O)CCn1cnc2c(cnn2C)c1=O)[C@@H]1CCCO1. The van der Waals surface area contributed by atoms with Crippen LogP contribution in [0.15, 0.2) is 17.3 Å². The van der Waals surface area contributed by atoms with E-state index in [0.29, 0.717) is 17.6 Å². The minimum atomic E-state index is -0.178. The van der Waals surface area contributed by atoms with Gasteiger partial charge in [-0.3, -0.25) is 18.8 Å². The van der Waals surface area contributed by atoms with Crippen LogP contribution < -0.4 is 10.9 Å². The monoisotopic (exact) mass is 319 g/mol. The van der Waals surface area contributed by atoms with Crippen LogP contribution in [-0.4, -0.2) is 44.0 Å². The standard InChI is InChI=1S/C15H21N5O3/c1-10(12-4-3-7-23-12)18-13(21)5-6-20-9-16-14-11(15(20)22)8-17-19(14)2/h8-10,12H,3-7H2,1-2H3,(H,18,21)/t10-,12-/m0/s1. The van der Waals surface area contributed by atoms with Crippen LogP contribution in [0.25, 0.3) is 11.0 Å². The third-order valence-electron chi connectivity index (χ3n) is 4.21. The maximum Gasteiger partial charge on any atom is 0.264 e. The number of amides is 1. The van der Waals surface area contributed by atoms with Gasteiger partial charge >= 0.3 is 0 Å². The minimum absolute atomic E-state index is 0.0133. The molecular weight excluding hydrogens is 298 g/mol. The van der Waals surface area contributed by atoms with Crippen molar-refractivity contribution in [3.63, 3.8) is 0 Å². The zero-order chi connectivity index (χ0) is 16.4. The summed E-state index contributed by atoms with van der Waals surface area (Å²) in [6.45, 7) is 3.00. The van der Waals surface area contributed by atoms with Crippen LogP contribution in [0.2, 0.25) is 0 Å². The third kappa shape index (κ3) is 3.26. The number of nitrogens with one attached hydrogen (secondary N) is 1. The number of nitrogens with zero attached hydrogens (tertiary/aromatic N) is 4. The average molecular weight is 319 g/mol. The molecule has 8 nitrogen and oxygen atoms in total. The fourth-order valence-corrected chi connectivity index (χ4v) is 2.86. The Bertz CT molecular complexity index is 760. The second kappa shape index (κ2) is 6.49. The predicted molar refractivity (Wildman–Crippen MR) is 84.0 cm³/mol. The lowest BCUT2D eigenvalue weighted by Crippen LogP contribution is -2.41. The maximum atomic E-state index is 12.3. The van der Waals surface area contributed by atoms with Gasteiger partial charge in [0.05, 0.1) is 24.7 Å². The molecule has 2 aromatic rings. The van der Waals surface area contributed by atoms with E-state index < -0.39 is 0 Å². The first-order valence-corrected chi connectivity index (χ1v) is 7.84. The average Bonchev–Trinajstić information content (AvgIpc) is 3.17. The molecule has 1 N–H and O–H groups in total. The second-order valence-electron chi connectivity index (χ2n) is 5.91. The molecular formula is C15H21N5O3. The van der Waals surface area contributed by atoms with E-state index in [9.17, 15) is 9.59 Å². The van der Waals surface area contributed by atoms with Crippen LogP contribution >= 0.6 is 0 Å². The number of hydrogen-bond donors (Lipinski definition) is 1. The molecule has 2 aromatic heterocycles. The van der Waals surface area contributed by atoms with Crippen molar-refractivity contribution in [3.8, 4) is 0 Å². The van der Waals surface area contributed by atoms with Gasteiger partial charge in [0, 0.05) is 26.6 Å². The Labute approximate surface area is 133 Å². The van der Waals surface area contributed by atoms with E-state index >= 15 is 0 Å². The highest BCUT2D eigenvalue weighted by Gasteiger charge is 2.23. The molecule has 2 atom stereocenters. The van der Waals surface area contributed by atoms with Crippen LogP contribution in [0.1, 0.15) is 26.2 Å². The molecule has 1 amide bonds. The van der Waals surface area contributed by atoms with Gasteiger partial charge in [-0.25, -0.2) is 4.98 Å². The van der Waals surface area contributed by atoms with Crippen molar-refractivity contribution in [2.75, 3.05) is 6.61 Å². The largest absolute Gasteiger partial charge is 0.376 e. The number of fused-ring (bicyclic) bond motifs is 1. The van der Waals surface area contributed by atoms with Gasteiger partial charge in [-0.15, -0.1) is 0 Å². The van der Waals surface area contributed by atoms with E-state index in [2.05, 4.69) is 15.4 Å². The molecule has 0 aromatic carbocycles.